The number of piperazine rings is 1. The van der Waals surface area contributed by atoms with Crippen LogP contribution < -0.4 is 9.80 Å². The Bertz CT molecular complexity index is 1090. The lowest BCUT2D eigenvalue weighted by atomic mass is 10.1. The van der Waals surface area contributed by atoms with E-state index in [2.05, 4.69) is 36.3 Å². The second-order valence-electron chi connectivity index (χ2n) is 6.72. The van der Waals surface area contributed by atoms with Crippen molar-refractivity contribution in [1.82, 2.24) is 14.3 Å². The van der Waals surface area contributed by atoms with Crippen molar-refractivity contribution in [3.05, 3.63) is 66.7 Å². The number of halogens is 1. The van der Waals surface area contributed by atoms with Crippen molar-refractivity contribution in [1.29, 1.82) is 0 Å². The number of nitrogens with zero attached hydrogens (tertiary/aromatic N) is 5. The summed E-state index contributed by atoms with van der Waals surface area (Å²) in [4.78, 5) is 13.6. The number of aromatic nitrogens is 3. The fourth-order valence-electron chi connectivity index (χ4n) is 3.59. The van der Waals surface area contributed by atoms with E-state index in [0.717, 1.165) is 59.2 Å². The molecule has 140 valence electrons. The quantitative estimate of drug-likeness (QED) is 0.523. The first kappa shape index (κ1) is 17.1. The van der Waals surface area contributed by atoms with Gasteiger partial charge in [0.15, 0.2) is 5.82 Å². The van der Waals surface area contributed by atoms with E-state index in [1.54, 1.807) is 6.33 Å². The predicted octanol–water partition coefficient (Wildman–Crippen LogP) is 4.22. The molecule has 5 nitrogen and oxygen atoms in total. The maximum Gasteiger partial charge on any atom is 0.151 e. The third-order valence-electron chi connectivity index (χ3n) is 5.06. The number of hydrogen-bond acceptors (Lipinski definition) is 6. The molecular formula is C21H18FN5S. The topological polar surface area (TPSA) is 45.2 Å². The van der Waals surface area contributed by atoms with Gasteiger partial charge in [-0.1, -0.05) is 30.3 Å². The van der Waals surface area contributed by atoms with E-state index in [1.807, 2.05) is 30.3 Å². The molecule has 1 aliphatic heterocycles. The van der Waals surface area contributed by atoms with Crippen molar-refractivity contribution in [3.8, 4) is 11.3 Å². The Hall–Kier alpha value is -3.06. The van der Waals surface area contributed by atoms with Gasteiger partial charge in [-0.05, 0) is 35.8 Å². The minimum absolute atomic E-state index is 0.204. The van der Waals surface area contributed by atoms with Crippen LogP contribution in [-0.2, 0) is 0 Å². The maximum absolute atomic E-state index is 13.2. The van der Waals surface area contributed by atoms with E-state index in [1.165, 1.54) is 23.7 Å². The monoisotopic (exact) mass is 391 g/mol. The van der Waals surface area contributed by atoms with Gasteiger partial charge in [0.1, 0.15) is 28.1 Å². The SMILES string of the molecule is Fc1ccc(N2CCN(c3ncnc4c(-c5ccccc5)nsc34)CC2)cc1. The van der Waals surface area contributed by atoms with Crippen LogP contribution in [0.1, 0.15) is 0 Å². The Morgan fingerprint density at radius 2 is 1.54 bits per heavy atom. The molecule has 2 aromatic carbocycles. The lowest BCUT2D eigenvalue weighted by Gasteiger charge is -2.36. The van der Waals surface area contributed by atoms with Gasteiger partial charge in [-0.3, -0.25) is 0 Å². The Labute approximate surface area is 166 Å². The largest absolute Gasteiger partial charge is 0.368 e. The molecule has 7 heteroatoms. The molecule has 1 saturated heterocycles. The highest BCUT2D eigenvalue weighted by Crippen LogP contribution is 2.34. The molecule has 0 aliphatic carbocycles. The zero-order chi connectivity index (χ0) is 18.9. The molecule has 0 amide bonds. The van der Waals surface area contributed by atoms with Gasteiger partial charge in [-0.25, -0.2) is 14.4 Å². The summed E-state index contributed by atoms with van der Waals surface area (Å²) in [6.45, 7) is 3.42. The Morgan fingerprint density at radius 1 is 0.821 bits per heavy atom. The fourth-order valence-corrected chi connectivity index (χ4v) is 4.46. The molecule has 4 aromatic rings. The number of rotatable bonds is 3. The smallest absolute Gasteiger partial charge is 0.151 e. The molecule has 0 atom stereocenters. The minimum Gasteiger partial charge on any atom is -0.368 e. The van der Waals surface area contributed by atoms with E-state index in [0.29, 0.717) is 0 Å². The van der Waals surface area contributed by atoms with Crippen molar-refractivity contribution in [2.45, 2.75) is 0 Å². The molecule has 0 unspecified atom stereocenters. The van der Waals surface area contributed by atoms with Crippen LogP contribution in [0.2, 0.25) is 0 Å². The van der Waals surface area contributed by atoms with Crippen molar-refractivity contribution < 1.29 is 4.39 Å². The predicted molar refractivity (Wildman–Crippen MR) is 111 cm³/mol. The molecule has 1 fully saturated rings. The van der Waals surface area contributed by atoms with E-state index in [-0.39, 0.29) is 5.82 Å². The second kappa shape index (κ2) is 7.16. The molecule has 1 aliphatic rings. The van der Waals surface area contributed by atoms with Crippen LogP contribution in [0.5, 0.6) is 0 Å². The van der Waals surface area contributed by atoms with Crippen LogP contribution >= 0.6 is 11.5 Å². The van der Waals surface area contributed by atoms with Gasteiger partial charge in [-0.2, -0.15) is 4.37 Å². The van der Waals surface area contributed by atoms with Crippen LogP contribution in [0.15, 0.2) is 60.9 Å². The van der Waals surface area contributed by atoms with Crippen LogP contribution in [-0.4, -0.2) is 40.5 Å². The zero-order valence-corrected chi connectivity index (χ0v) is 15.9. The highest BCUT2D eigenvalue weighted by Gasteiger charge is 2.22. The zero-order valence-electron chi connectivity index (χ0n) is 15.1. The van der Waals surface area contributed by atoms with Gasteiger partial charge < -0.3 is 9.80 Å². The highest BCUT2D eigenvalue weighted by atomic mass is 32.1. The normalized spacial score (nSPS) is 14.6. The van der Waals surface area contributed by atoms with Crippen LogP contribution in [0.4, 0.5) is 15.9 Å². The second-order valence-corrected chi connectivity index (χ2v) is 7.50. The van der Waals surface area contributed by atoms with Gasteiger partial charge in [0.2, 0.25) is 0 Å². The number of hydrogen-bond donors (Lipinski definition) is 0. The third-order valence-corrected chi connectivity index (χ3v) is 5.89. The van der Waals surface area contributed by atoms with Gasteiger partial charge in [0.05, 0.1) is 0 Å². The van der Waals surface area contributed by atoms with Crippen molar-refractivity contribution in [3.63, 3.8) is 0 Å². The standard InChI is InChI=1S/C21H18FN5S/c22-16-6-8-17(9-7-16)26-10-12-27(13-11-26)21-20-19(23-14-24-21)18(25-28-20)15-4-2-1-3-5-15/h1-9,14H,10-13H2. The molecular weight excluding hydrogens is 373 g/mol. The molecule has 0 radical (unpaired) electrons. The highest BCUT2D eigenvalue weighted by molar-refractivity contribution is 7.14. The summed E-state index contributed by atoms with van der Waals surface area (Å²) in [6.07, 6.45) is 1.63. The minimum atomic E-state index is -0.204. The summed E-state index contributed by atoms with van der Waals surface area (Å²) < 4.78 is 18.8. The lowest BCUT2D eigenvalue weighted by molar-refractivity contribution is 0.624. The number of anilines is 2. The molecule has 0 spiro atoms. The lowest BCUT2D eigenvalue weighted by Crippen LogP contribution is -2.46. The summed E-state index contributed by atoms with van der Waals surface area (Å²) in [5.41, 5.74) is 3.94. The summed E-state index contributed by atoms with van der Waals surface area (Å²) >= 11 is 1.46. The maximum atomic E-state index is 13.2. The Morgan fingerprint density at radius 3 is 2.29 bits per heavy atom. The summed E-state index contributed by atoms with van der Waals surface area (Å²) in [6, 6.07) is 16.8. The van der Waals surface area contributed by atoms with Crippen molar-refractivity contribution >= 4 is 33.3 Å². The molecule has 3 heterocycles. The van der Waals surface area contributed by atoms with E-state index in [4.69, 9.17) is 0 Å². The average molecular weight is 391 g/mol. The molecule has 0 N–H and O–H groups in total. The van der Waals surface area contributed by atoms with E-state index >= 15 is 0 Å². The van der Waals surface area contributed by atoms with E-state index in [9.17, 15) is 4.39 Å². The van der Waals surface area contributed by atoms with Crippen molar-refractivity contribution in [2.75, 3.05) is 36.0 Å². The molecule has 5 rings (SSSR count). The summed E-state index contributed by atoms with van der Waals surface area (Å²) in [5.74, 6) is 0.744. The molecule has 2 aromatic heterocycles. The summed E-state index contributed by atoms with van der Waals surface area (Å²) in [7, 11) is 0. The van der Waals surface area contributed by atoms with Gasteiger partial charge in [-0.15, -0.1) is 0 Å². The first-order valence-electron chi connectivity index (χ1n) is 9.21. The van der Waals surface area contributed by atoms with Crippen LogP contribution in [0, 0.1) is 5.82 Å². The van der Waals surface area contributed by atoms with Crippen molar-refractivity contribution in [2.24, 2.45) is 0 Å². The first-order valence-corrected chi connectivity index (χ1v) is 9.98. The molecule has 0 bridgehead atoms. The fraction of sp³-hybridized carbons (Fsp3) is 0.190. The average Bonchev–Trinajstić information content (AvgIpc) is 3.19. The molecule has 28 heavy (non-hydrogen) atoms. The number of benzene rings is 2. The summed E-state index contributed by atoms with van der Waals surface area (Å²) in [5, 5.41) is 0. The van der Waals surface area contributed by atoms with Crippen LogP contribution in [0.25, 0.3) is 21.5 Å². The molecule has 0 saturated carbocycles. The van der Waals surface area contributed by atoms with Gasteiger partial charge in [0, 0.05) is 37.4 Å². The van der Waals surface area contributed by atoms with E-state index < -0.39 is 0 Å². The first-order chi connectivity index (χ1) is 13.8. The van der Waals surface area contributed by atoms with Gasteiger partial charge in [0.25, 0.3) is 0 Å². The Kier molecular flexibility index (Phi) is 4.37. The van der Waals surface area contributed by atoms with Gasteiger partial charge >= 0.3 is 0 Å². The number of fused-ring (bicyclic) bond motifs is 1. The van der Waals surface area contributed by atoms with Crippen LogP contribution in [0.3, 0.4) is 0 Å². The Balaban J connectivity index is 1.40. The third kappa shape index (κ3) is 3.07.